The zero-order valence-corrected chi connectivity index (χ0v) is 11.9. The molecule has 108 valence electrons. The highest BCUT2D eigenvalue weighted by atomic mass is 16.5. The topological polar surface area (TPSA) is 67.5 Å². The van der Waals surface area contributed by atoms with Crippen molar-refractivity contribution in [3.63, 3.8) is 0 Å². The monoisotopic (exact) mass is 284 g/mol. The zero-order valence-electron chi connectivity index (χ0n) is 11.9. The van der Waals surface area contributed by atoms with E-state index in [9.17, 15) is 5.11 Å². The summed E-state index contributed by atoms with van der Waals surface area (Å²) in [5.41, 5.74) is 3.26. The first-order chi connectivity index (χ1) is 10.2. The molecule has 0 spiro atoms. The maximum atomic E-state index is 10.0. The molecule has 2 N–H and O–H groups in total. The Kier molecular flexibility index (Phi) is 3.39. The molecule has 2 aromatic carbocycles. The summed E-state index contributed by atoms with van der Waals surface area (Å²) in [5, 5.41) is 13.3. The van der Waals surface area contributed by atoms with Crippen molar-refractivity contribution in [2.45, 2.75) is 13.5 Å². The summed E-state index contributed by atoms with van der Waals surface area (Å²) in [6, 6.07) is 11.1. The third kappa shape index (κ3) is 2.63. The average Bonchev–Trinajstić information content (AvgIpc) is 2.85. The van der Waals surface area contributed by atoms with Gasteiger partial charge in [-0.05, 0) is 24.3 Å². The van der Waals surface area contributed by atoms with Crippen LogP contribution >= 0.6 is 0 Å². The van der Waals surface area contributed by atoms with E-state index in [-0.39, 0.29) is 5.75 Å². The predicted molar refractivity (Wildman–Crippen MR) is 80.7 cm³/mol. The third-order valence-electron chi connectivity index (χ3n) is 3.28. The molecule has 0 aliphatic heterocycles. The van der Waals surface area contributed by atoms with Crippen molar-refractivity contribution in [3.05, 3.63) is 47.9 Å². The van der Waals surface area contributed by atoms with E-state index in [0.29, 0.717) is 18.2 Å². The predicted octanol–water partition coefficient (Wildman–Crippen LogP) is 3.46. The number of methoxy groups -OCH3 is 1. The molecule has 0 aliphatic carbocycles. The number of aryl methyl sites for hydroxylation is 1. The molecule has 0 radical (unpaired) electrons. The Morgan fingerprint density at radius 1 is 1.29 bits per heavy atom. The van der Waals surface area contributed by atoms with Crippen molar-refractivity contribution in [2.24, 2.45) is 0 Å². The lowest BCUT2D eigenvalue weighted by Crippen LogP contribution is -2.00. The van der Waals surface area contributed by atoms with Crippen LogP contribution in [0.25, 0.3) is 11.1 Å². The van der Waals surface area contributed by atoms with E-state index >= 15 is 0 Å². The zero-order chi connectivity index (χ0) is 14.8. The number of phenols is 1. The van der Waals surface area contributed by atoms with Crippen LogP contribution in [0, 0.1) is 6.92 Å². The van der Waals surface area contributed by atoms with Crippen molar-refractivity contribution in [2.75, 3.05) is 12.4 Å². The minimum Gasteiger partial charge on any atom is -0.504 e. The summed E-state index contributed by atoms with van der Waals surface area (Å²) in [4.78, 5) is 4.30. The first-order valence-corrected chi connectivity index (χ1v) is 6.63. The number of aromatic hydroxyl groups is 1. The summed E-state index contributed by atoms with van der Waals surface area (Å²) in [6.07, 6.45) is 0. The number of anilines is 1. The molecule has 1 heterocycles. The Balaban J connectivity index is 1.80. The Labute approximate surface area is 122 Å². The van der Waals surface area contributed by atoms with Crippen LogP contribution in [0.5, 0.6) is 11.5 Å². The Morgan fingerprint density at radius 3 is 2.95 bits per heavy atom. The van der Waals surface area contributed by atoms with Crippen LogP contribution in [-0.2, 0) is 6.54 Å². The SMILES string of the molecule is COc1cccc(CNc2ccc3oc(C)nc3c2)c1O. The number of hydrogen-bond acceptors (Lipinski definition) is 5. The average molecular weight is 284 g/mol. The van der Waals surface area contributed by atoms with Crippen molar-refractivity contribution in [1.29, 1.82) is 0 Å². The fraction of sp³-hybridized carbons (Fsp3) is 0.188. The van der Waals surface area contributed by atoms with Gasteiger partial charge >= 0.3 is 0 Å². The van der Waals surface area contributed by atoms with Gasteiger partial charge < -0.3 is 19.6 Å². The van der Waals surface area contributed by atoms with E-state index in [0.717, 1.165) is 22.4 Å². The molecule has 21 heavy (non-hydrogen) atoms. The molecule has 0 unspecified atom stereocenters. The lowest BCUT2D eigenvalue weighted by molar-refractivity contribution is 0.371. The Bertz CT molecular complexity index is 780. The van der Waals surface area contributed by atoms with Gasteiger partial charge in [-0.15, -0.1) is 0 Å². The van der Waals surface area contributed by atoms with Gasteiger partial charge in [-0.25, -0.2) is 4.98 Å². The number of aromatic nitrogens is 1. The largest absolute Gasteiger partial charge is 0.504 e. The van der Waals surface area contributed by atoms with Crippen LogP contribution in [-0.4, -0.2) is 17.2 Å². The molecule has 0 fully saturated rings. The fourth-order valence-corrected chi connectivity index (χ4v) is 2.23. The quantitative estimate of drug-likeness (QED) is 0.768. The summed E-state index contributed by atoms with van der Waals surface area (Å²) >= 11 is 0. The lowest BCUT2D eigenvalue weighted by atomic mass is 10.2. The molecule has 0 saturated heterocycles. The molecule has 3 aromatic rings. The highest BCUT2D eigenvalue weighted by Gasteiger charge is 2.08. The van der Waals surface area contributed by atoms with E-state index < -0.39 is 0 Å². The Hall–Kier alpha value is -2.69. The van der Waals surface area contributed by atoms with Crippen molar-refractivity contribution < 1.29 is 14.3 Å². The number of nitrogens with one attached hydrogen (secondary N) is 1. The van der Waals surface area contributed by atoms with Gasteiger partial charge in [0.05, 0.1) is 7.11 Å². The number of nitrogens with zero attached hydrogens (tertiary/aromatic N) is 1. The van der Waals surface area contributed by atoms with Crippen molar-refractivity contribution >= 4 is 16.8 Å². The van der Waals surface area contributed by atoms with Crippen LogP contribution in [0.1, 0.15) is 11.5 Å². The summed E-state index contributed by atoms with van der Waals surface area (Å²) in [5.74, 6) is 1.27. The van der Waals surface area contributed by atoms with Gasteiger partial charge in [0.1, 0.15) is 5.52 Å². The molecular formula is C16H16N2O3. The maximum Gasteiger partial charge on any atom is 0.192 e. The first-order valence-electron chi connectivity index (χ1n) is 6.63. The third-order valence-corrected chi connectivity index (χ3v) is 3.28. The van der Waals surface area contributed by atoms with Crippen LogP contribution < -0.4 is 10.1 Å². The van der Waals surface area contributed by atoms with E-state index in [1.54, 1.807) is 6.07 Å². The fourth-order valence-electron chi connectivity index (χ4n) is 2.23. The van der Waals surface area contributed by atoms with Gasteiger partial charge in [-0.3, -0.25) is 0 Å². The molecule has 3 rings (SSSR count). The van der Waals surface area contributed by atoms with Crippen molar-refractivity contribution in [1.82, 2.24) is 4.98 Å². The van der Waals surface area contributed by atoms with E-state index in [2.05, 4.69) is 10.3 Å². The summed E-state index contributed by atoms with van der Waals surface area (Å²) < 4.78 is 10.5. The van der Waals surface area contributed by atoms with Gasteiger partial charge in [-0.2, -0.15) is 0 Å². The molecule has 5 heteroatoms. The van der Waals surface area contributed by atoms with E-state index in [4.69, 9.17) is 9.15 Å². The smallest absolute Gasteiger partial charge is 0.192 e. The second-order valence-electron chi connectivity index (χ2n) is 4.74. The minimum atomic E-state index is 0.158. The maximum absolute atomic E-state index is 10.0. The molecule has 0 bridgehead atoms. The molecular weight excluding hydrogens is 268 g/mol. The highest BCUT2D eigenvalue weighted by molar-refractivity contribution is 5.77. The van der Waals surface area contributed by atoms with Crippen LogP contribution in [0.3, 0.4) is 0 Å². The normalized spacial score (nSPS) is 10.8. The second kappa shape index (κ2) is 5.36. The van der Waals surface area contributed by atoms with Crippen LogP contribution in [0.15, 0.2) is 40.8 Å². The first kappa shape index (κ1) is 13.3. The van der Waals surface area contributed by atoms with Gasteiger partial charge in [0.2, 0.25) is 0 Å². The van der Waals surface area contributed by atoms with Gasteiger partial charge in [0, 0.05) is 24.7 Å². The van der Waals surface area contributed by atoms with E-state index in [1.807, 2.05) is 37.3 Å². The van der Waals surface area contributed by atoms with Gasteiger partial charge in [0.25, 0.3) is 0 Å². The van der Waals surface area contributed by atoms with Crippen molar-refractivity contribution in [3.8, 4) is 11.5 Å². The number of oxazole rings is 1. The second-order valence-corrected chi connectivity index (χ2v) is 4.74. The van der Waals surface area contributed by atoms with Gasteiger partial charge in [-0.1, -0.05) is 12.1 Å². The molecule has 0 saturated carbocycles. The van der Waals surface area contributed by atoms with E-state index in [1.165, 1.54) is 7.11 Å². The molecule has 5 nitrogen and oxygen atoms in total. The number of para-hydroxylation sites is 1. The highest BCUT2D eigenvalue weighted by Crippen LogP contribution is 2.30. The number of rotatable bonds is 4. The number of phenolic OH excluding ortho intramolecular Hbond substituents is 1. The summed E-state index contributed by atoms with van der Waals surface area (Å²) in [7, 11) is 1.53. The minimum absolute atomic E-state index is 0.158. The number of hydrogen-bond donors (Lipinski definition) is 2. The molecule has 0 atom stereocenters. The number of fused-ring (bicyclic) bond motifs is 1. The standard InChI is InChI=1S/C16H16N2O3/c1-10-18-13-8-12(6-7-14(13)21-10)17-9-11-4-3-5-15(20-2)16(11)19/h3-8,17,19H,9H2,1-2H3. The number of ether oxygens (including phenoxy) is 1. The molecule has 0 aliphatic rings. The molecule has 1 aromatic heterocycles. The van der Waals surface area contributed by atoms with Gasteiger partial charge in [0.15, 0.2) is 23.0 Å². The van der Waals surface area contributed by atoms with Crippen LogP contribution in [0.2, 0.25) is 0 Å². The number of benzene rings is 2. The summed E-state index contributed by atoms with van der Waals surface area (Å²) in [6.45, 7) is 2.31. The van der Waals surface area contributed by atoms with Crippen LogP contribution in [0.4, 0.5) is 5.69 Å². The Morgan fingerprint density at radius 2 is 2.14 bits per heavy atom. The lowest BCUT2D eigenvalue weighted by Gasteiger charge is -2.10. The molecule has 0 amide bonds.